The van der Waals surface area contributed by atoms with Gasteiger partial charge in [0.25, 0.3) is 11.1 Å². The molecule has 100 valence electrons. The fraction of sp³-hybridized carbons (Fsp3) is 0.125. The first-order valence-corrected chi connectivity index (χ1v) is 7.25. The summed E-state index contributed by atoms with van der Waals surface area (Å²) in [7, 11) is 0. The van der Waals surface area contributed by atoms with Crippen LogP contribution in [-0.4, -0.2) is 22.6 Å². The van der Waals surface area contributed by atoms with Gasteiger partial charge in [0.05, 0.1) is 4.91 Å². The van der Waals surface area contributed by atoms with Crippen molar-refractivity contribution in [1.82, 2.24) is 4.90 Å². The van der Waals surface area contributed by atoms with Crippen LogP contribution >= 0.6 is 11.8 Å². The second kappa shape index (κ2) is 5.13. The Labute approximate surface area is 121 Å². The Morgan fingerprint density at radius 2 is 1.85 bits per heavy atom. The number of likely N-dealkylation sites (N-methyl/N-ethyl adjacent to an activating group) is 1. The van der Waals surface area contributed by atoms with Crippen LogP contribution in [-0.2, 0) is 4.79 Å². The van der Waals surface area contributed by atoms with Crippen molar-refractivity contribution in [3.05, 3.63) is 52.9 Å². The molecule has 3 rings (SSSR count). The third-order valence-corrected chi connectivity index (χ3v) is 4.21. The maximum absolute atomic E-state index is 12.1. The monoisotopic (exact) mass is 283 g/mol. The fourth-order valence-corrected chi connectivity index (χ4v) is 3.18. The Hall–Kier alpha value is -2.07. The molecular weight excluding hydrogens is 270 g/mol. The van der Waals surface area contributed by atoms with E-state index in [1.54, 1.807) is 6.92 Å². The summed E-state index contributed by atoms with van der Waals surface area (Å²) in [6, 6.07) is 14.0. The molecule has 3 nitrogen and oxygen atoms in total. The zero-order valence-corrected chi connectivity index (χ0v) is 11.8. The molecule has 2 aromatic rings. The SMILES string of the molecule is CCN1C(=O)SC(=Cc2cccc3ccccc23)C1=O. The minimum atomic E-state index is -0.199. The van der Waals surface area contributed by atoms with Crippen molar-refractivity contribution in [2.24, 2.45) is 0 Å². The van der Waals surface area contributed by atoms with Gasteiger partial charge in [-0.1, -0.05) is 42.5 Å². The lowest BCUT2D eigenvalue weighted by Crippen LogP contribution is -2.27. The molecule has 1 aliphatic heterocycles. The van der Waals surface area contributed by atoms with Crippen molar-refractivity contribution in [3.63, 3.8) is 0 Å². The smallest absolute Gasteiger partial charge is 0.269 e. The fourth-order valence-electron chi connectivity index (χ4n) is 2.29. The number of thioether (sulfide) groups is 1. The lowest BCUT2D eigenvalue weighted by atomic mass is 10.0. The first-order valence-electron chi connectivity index (χ1n) is 6.44. The van der Waals surface area contributed by atoms with Crippen molar-refractivity contribution >= 4 is 39.8 Å². The van der Waals surface area contributed by atoms with Crippen LogP contribution in [0, 0.1) is 0 Å². The Morgan fingerprint density at radius 3 is 2.60 bits per heavy atom. The van der Waals surface area contributed by atoms with Crippen LogP contribution in [0.15, 0.2) is 47.4 Å². The van der Waals surface area contributed by atoms with Crippen LogP contribution in [0.3, 0.4) is 0 Å². The number of rotatable bonds is 2. The number of carbonyl (C=O) groups is 2. The summed E-state index contributed by atoms with van der Waals surface area (Å²) in [6.45, 7) is 2.22. The van der Waals surface area contributed by atoms with Gasteiger partial charge < -0.3 is 0 Å². The van der Waals surface area contributed by atoms with Gasteiger partial charge in [-0.2, -0.15) is 0 Å². The maximum atomic E-state index is 12.1. The van der Waals surface area contributed by atoms with E-state index in [1.165, 1.54) is 4.90 Å². The molecule has 0 atom stereocenters. The summed E-state index contributed by atoms with van der Waals surface area (Å²) in [5, 5.41) is 2.01. The quantitative estimate of drug-likeness (QED) is 0.784. The lowest BCUT2D eigenvalue weighted by molar-refractivity contribution is -0.122. The topological polar surface area (TPSA) is 37.4 Å². The number of benzene rings is 2. The van der Waals surface area contributed by atoms with Crippen molar-refractivity contribution in [2.45, 2.75) is 6.92 Å². The first kappa shape index (κ1) is 12.9. The number of nitrogens with zero attached hydrogens (tertiary/aromatic N) is 1. The van der Waals surface area contributed by atoms with Gasteiger partial charge in [-0.25, -0.2) is 0 Å². The van der Waals surface area contributed by atoms with E-state index in [-0.39, 0.29) is 11.1 Å². The highest BCUT2D eigenvalue weighted by atomic mass is 32.2. The van der Waals surface area contributed by atoms with Crippen LogP contribution in [0.1, 0.15) is 12.5 Å². The van der Waals surface area contributed by atoms with Gasteiger partial charge in [0.2, 0.25) is 0 Å². The molecule has 0 N–H and O–H groups in total. The van der Waals surface area contributed by atoms with Crippen LogP contribution in [0.5, 0.6) is 0 Å². The molecule has 0 spiro atoms. The summed E-state index contributed by atoms with van der Waals surface area (Å²) in [6.07, 6.45) is 1.81. The van der Waals surface area contributed by atoms with E-state index in [2.05, 4.69) is 0 Å². The summed E-state index contributed by atoms with van der Waals surface area (Å²) >= 11 is 1.01. The van der Waals surface area contributed by atoms with E-state index < -0.39 is 0 Å². The molecule has 2 amide bonds. The van der Waals surface area contributed by atoms with Gasteiger partial charge in [0, 0.05) is 6.54 Å². The third-order valence-electron chi connectivity index (χ3n) is 3.30. The molecule has 0 radical (unpaired) electrons. The summed E-state index contributed by atoms with van der Waals surface area (Å²) < 4.78 is 0. The molecule has 1 heterocycles. The average molecular weight is 283 g/mol. The number of amides is 2. The second-order valence-corrected chi connectivity index (χ2v) is 5.49. The summed E-state index contributed by atoms with van der Waals surface area (Å²) in [5.74, 6) is -0.199. The average Bonchev–Trinajstić information content (AvgIpc) is 2.73. The highest BCUT2D eigenvalue weighted by molar-refractivity contribution is 8.18. The highest BCUT2D eigenvalue weighted by Gasteiger charge is 2.33. The van der Waals surface area contributed by atoms with E-state index in [4.69, 9.17) is 0 Å². The number of imide groups is 1. The van der Waals surface area contributed by atoms with Crippen molar-refractivity contribution < 1.29 is 9.59 Å². The normalized spacial score (nSPS) is 17.4. The minimum absolute atomic E-state index is 0.191. The molecule has 2 aromatic carbocycles. The molecule has 1 fully saturated rings. The van der Waals surface area contributed by atoms with Crippen LogP contribution < -0.4 is 0 Å². The number of hydrogen-bond acceptors (Lipinski definition) is 3. The Kier molecular flexibility index (Phi) is 3.32. The molecule has 0 aliphatic carbocycles. The standard InChI is InChI=1S/C16H13NO2S/c1-2-17-15(18)14(20-16(17)19)10-12-8-5-7-11-6-3-4-9-13(11)12/h3-10H,2H2,1H3. The van der Waals surface area contributed by atoms with E-state index >= 15 is 0 Å². The van der Waals surface area contributed by atoms with E-state index in [0.29, 0.717) is 11.4 Å². The molecular formula is C16H13NO2S. The molecule has 0 unspecified atom stereocenters. The van der Waals surface area contributed by atoms with Gasteiger partial charge in [0.1, 0.15) is 0 Å². The molecule has 4 heteroatoms. The zero-order chi connectivity index (χ0) is 14.1. The van der Waals surface area contributed by atoms with Gasteiger partial charge in [-0.05, 0) is 41.1 Å². The number of fused-ring (bicyclic) bond motifs is 1. The van der Waals surface area contributed by atoms with Crippen molar-refractivity contribution in [3.8, 4) is 0 Å². The number of carbonyl (C=O) groups excluding carboxylic acids is 2. The predicted octanol–water partition coefficient (Wildman–Crippen LogP) is 3.90. The van der Waals surface area contributed by atoms with E-state index in [0.717, 1.165) is 28.1 Å². The van der Waals surface area contributed by atoms with Gasteiger partial charge in [-0.15, -0.1) is 0 Å². The maximum Gasteiger partial charge on any atom is 0.293 e. The molecule has 20 heavy (non-hydrogen) atoms. The van der Waals surface area contributed by atoms with Gasteiger partial charge in [0.15, 0.2) is 0 Å². The van der Waals surface area contributed by atoms with Gasteiger partial charge in [-0.3, -0.25) is 14.5 Å². The molecule has 0 saturated carbocycles. The molecule has 1 aliphatic rings. The third kappa shape index (κ3) is 2.12. The van der Waals surface area contributed by atoms with Gasteiger partial charge >= 0.3 is 0 Å². The molecule has 0 bridgehead atoms. The van der Waals surface area contributed by atoms with Crippen molar-refractivity contribution in [2.75, 3.05) is 6.54 Å². The Morgan fingerprint density at radius 1 is 1.10 bits per heavy atom. The molecule has 1 saturated heterocycles. The summed E-state index contributed by atoms with van der Waals surface area (Å²) in [5.41, 5.74) is 0.963. The minimum Gasteiger partial charge on any atom is -0.269 e. The first-order chi connectivity index (χ1) is 9.70. The van der Waals surface area contributed by atoms with Crippen LogP contribution in [0.25, 0.3) is 16.8 Å². The summed E-state index contributed by atoms with van der Waals surface area (Å²) in [4.78, 5) is 25.6. The number of hydrogen-bond donors (Lipinski definition) is 0. The zero-order valence-electron chi connectivity index (χ0n) is 11.0. The van der Waals surface area contributed by atoms with E-state index in [9.17, 15) is 9.59 Å². The van der Waals surface area contributed by atoms with Crippen LogP contribution in [0.4, 0.5) is 4.79 Å². The predicted molar refractivity (Wildman–Crippen MR) is 82.3 cm³/mol. The van der Waals surface area contributed by atoms with E-state index in [1.807, 2.05) is 48.5 Å². The van der Waals surface area contributed by atoms with Crippen LogP contribution in [0.2, 0.25) is 0 Å². The lowest BCUT2D eigenvalue weighted by Gasteiger charge is -2.07. The second-order valence-electron chi connectivity index (χ2n) is 4.49. The highest BCUT2D eigenvalue weighted by Crippen LogP contribution is 2.33. The van der Waals surface area contributed by atoms with Crippen molar-refractivity contribution in [1.29, 1.82) is 0 Å². The Bertz CT molecular complexity index is 731. The molecule has 0 aromatic heterocycles. The Balaban J connectivity index is 2.07. The largest absolute Gasteiger partial charge is 0.293 e.